The summed E-state index contributed by atoms with van der Waals surface area (Å²) >= 11 is 0. The number of nitrogens with one attached hydrogen (secondary N) is 1. The second-order valence-corrected chi connectivity index (χ2v) is 22.1. The monoisotopic (exact) mass is 988 g/mol. The summed E-state index contributed by atoms with van der Waals surface area (Å²) in [6, 6.07) is -0.623. The number of unbranched alkanes of at least 4 members (excludes halogenated alkanes) is 49. The summed E-state index contributed by atoms with van der Waals surface area (Å²) in [6.45, 7) is 4.92. The van der Waals surface area contributed by atoms with Crippen molar-refractivity contribution < 1.29 is 24.5 Å². The molecule has 0 bridgehead atoms. The van der Waals surface area contributed by atoms with Crippen molar-refractivity contribution in [3.63, 3.8) is 0 Å². The second kappa shape index (κ2) is 60.2. The summed E-state index contributed by atoms with van der Waals surface area (Å²) < 4.78 is 5.50. The van der Waals surface area contributed by atoms with Crippen LogP contribution in [0.2, 0.25) is 0 Å². The van der Waals surface area contributed by atoms with Crippen LogP contribution >= 0.6 is 0 Å². The molecule has 0 saturated heterocycles. The van der Waals surface area contributed by atoms with Crippen molar-refractivity contribution in [3.05, 3.63) is 12.2 Å². The number of esters is 1. The van der Waals surface area contributed by atoms with E-state index in [4.69, 9.17) is 4.74 Å². The lowest BCUT2D eigenvalue weighted by molar-refractivity contribution is -0.143. The van der Waals surface area contributed by atoms with Crippen LogP contribution in [-0.2, 0) is 14.3 Å². The van der Waals surface area contributed by atoms with Gasteiger partial charge in [0, 0.05) is 12.8 Å². The van der Waals surface area contributed by atoms with Crippen LogP contribution in [0.25, 0.3) is 0 Å². The van der Waals surface area contributed by atoms with E-state index in [0.29, 0.717) is 19.4 Å². The molecule has 0 aromatic rings. The molecule has 0 rings (SSSR count). The molecule has 0 aromatic carbocycles. The summed E-state index contributed by atoms with van der Waals surface area (Å²) in [4.78, 5) is 24.5. The van der Waals surface area contributed by atoms with Crippen molar-refractivity contribution >= 4 is 11.9 Å². The lowest BCUT2D eigenvalue weighted by Crippen LogP contribution is -2.45. The van der Waals surface area contributed by atoms with Gasteiger partial charge in [0.05, 0.1) is 25.4 Å². The smallest absolute Gasteiger partial charge is 0.305 e. The Morgan fingerprint density at radius 2 is 0.657 bits per heavy atom. The fraction of sp³-hybridized carbons (Fsp3) is 0.938. The molecule has 0 fully saturated rings. The maximum atomic E-state index is 12.4. The van der Waals surface area contributed by atoms with E-state index < -0.39 is 12.1 Å². The van der Waals surface area contributed by atoms with Crippen LogP contribution < -0.4 is 5.32 Å². The van der Waals surface area contributed by atoms with E-state index in [9.17, 15) is 19.8 Å². The molecule has 416 valence electrons. The van der Waals surface area contributed by atoms with Crippen LogP contribution in [0.1, 0.15) is 361 Å². The Bertz CT molecular complexity index is 1050. The lowest BCUT2D eigenvalue weighted by atomic mass is 10.0. The van der Waals surface area contributed by atoms with Gasteiger partial charge in [-0.05, 0) is 32.1 Å². The highest BCUT2D eigenvalue weighted by molar-refractivity contribution is 5.76. The third-order valence-corrected chi connectivity index (χ3v) is 15.1. The number of aliphatic hydroxyl groups is 2. The molecule has 2 unspecified atom stereocenters. The minimum atomic E-state index is -0.840. The summed E-state index contributed by atoms with van der Waals surface area (Å²) in [5.41, 5.74) is 0. The average Bonchev–Trinajstić information content (AvgIpc) is 3.36. The van der Waals surface area contributed by atoms with E-state index in [1.165, 1.54) is 295 Å². The molecule has 0 aliphatic carbocycles. The van der Waals surface area contributed by atoms with Crippen molar-refractivity contribution in [1.29, 1.82) is 0 Å². The van der Waals surface area contributed by atoms with E-state index in [-0.39, 0.29) is 18.5 Å². The van der Waals surface area contributed by atoms with Crippen molar-refractivity contribution in [2.24, 2.45) is 0 Å². The molecule has 3 N–H and O–H groups in total. The Morgan fingerprint density at radius 3 is 0.971 bits per heavy atom. The van der Waals surface area contributed by atoms with E-state index in [2.05, 4.69) is 19.2 Å². The van der Waals surface area contributed by atoms with Gasteiger partial charge in [-0.2, -0.15) is 0 Å². The van der Waals surface area contributed by atoms with E-state index in [1.807, 2.05) is 6.08 Å². The average molecular weight is 989 g/mol. The Hall–Kier alpha value is -1.40. The highest BCUT2D eigenvalue weighted by Gasteiger charge is 2.18. The lowest BCUT2D eigenvalue weighted by Gasteiger charge is -2.20. The van der Waals surface area contributed by atoms with Gasteiger partial charge < -0.3 is 20.3 Å². The number of hydrogen-bond acceptors (Lipinski definition) is 5. The third kappa shape index (κ3) is 55.9. The topological polar surface area (TPSA) is 95.9 Å². The molecule has 0 aromatic heterocycles. The highest BCUT2D eigenvalue weighted by Crippen LogP contribution is 2.18. The van der Waals surface area contributed by atoms with Gasteiger partial charge in [-0.1, -0.05) is 328 Å². The number of allylic oxidation sites excluding steroid dienone is 1. The molecule has 0 saturated carbocycles. The Balaban J connectivity index is 3.31. The molecule has 1 amide bonds. The van der Waals surface area contributed by atoms with Gasteiger partial charge in [0.1, 0.15) is 0 Å². The zero-order valence-corrected chi connectivity index (χ0v) is 47.5. The zero-order chi connectivity index (χ0) is 50.7. The van der Waals surface area contributed by atoms with E-state index in [1.54, 1.807) is 6.08 Å². The molecule has 0 heterocycles. The first-order chi connectivity index (χ1) is 34.5. The Morgan fingerprint density at radius 1 is 0.386 bits per heavy atom. The summed E-state index contributed by atoms with van der Waals surface area (Å²) in [6.07, 6.45) is 72.8. The molecule has 0 spiro atoms. The van der Waals surface area contributed by atoms with Gasteiger partial charge in [0.2, 0.25) is 5.91 Å². The third-order valence-electron chi connectivity index (χ3n) is 15.1. The van der Waals surface area contributed by atoms with Gasteiger partial charge >= 0.3 is 5.97 Å². The van der Waals surface area contributed by atoms with Gasteiger partial charge in [-0.3, -0.25) is 9.59 Å². The van der Waals surface area contributed by atoms with Crippen LogP contribution in [0.5, 0.6) is 0 Å². The van der Waals surface area contributed by atoms with Crippen LogP contribution in [0, 0.1) is 0 Å². The summed E-state index contributed by atoms with van der Waals surface area (Å²) in [5, 5.41) is 23.0. The SMILES string of the molecule is CCCCCCCCCC/C=C/C(O)C(CO)NC(=O)CCCCCCCCCCCCCCCCCCCCCCCCCCCCOC(=O)CCCCCCCCCCCCCCCCCCC. The zero-order valence-electron chi connectivity index (χ0n) is 47.5. The maximum absolute atomic E-state index is 12.4. The van der Waals surface area contributed by atoms with Crippen LogP contribution in [0.3, 0.4) is 0 Å². The molecular weight excluding hydrogens is 863 g/mol. The fourth-order valence-electron chi connectivity index (χ4n) is 10.2. The first kappa shape index (κ1) is 68.6. The van der Waals surface area contributed by atoms with Gasteiger partial charge in [0.25, 0.3) is 0 Å². The standard InChI is InChI=1S/C64H125NO5/c1-3-5-7-9-11-13-15-16-17-28-32-35-38-42-46-50-54-58-64(69)70-59-55-51-47-43-39-36-33-30-27-25-23-21-19-18-20-22-24-26-29-31-34-37-41-45-49-53-57-63(68)65-61(60-66)62(67)56-52-48-44-40-14-12-10-8-6-4-2/h52,56,61-62,66-67H,3-51,53-55,57-60H2,1-2H3,(H,65,68)/b56-52+. The number of ether oxygens (including phenoxy) is 1. The first-order valence-electron chi connectivity index (χ1n) is 32.0. The quantitative estimate of drug-likeness (QED) is 0.0321. The number of carbonyl (C=O) groups excluding carboxylic acids is 2. The van der Waals surface area contributed by atoms with E-state index >= 15 is 0 Å². The first-order valence-corrected chi connectivity index (χ1v) is 32.0. The highest BCUT2D eigenvalue weighted by atomic mass is 16.5. The molecule has 6 heteroatoms. The Kier molecular flexibility index (Phi) is 59.0. The van der Waals surface area contributed by atoms with Crippen LogP contribution in [-0.4, -0.2) is 47.4 Å². The number of rotatable bonds is 60. The number of amides is 1. The van der Waals surface area contributed by atoms with Gasteiger partial charge in [-0.25, -0.2) is 0 Å². The number of hydrogen-bond donors (Lipinski definition) is 3. The molecule has 70 heavy (non-hydrogen) atoms. The minimum absolute atomic E-state index is 0.0213. The molecule has 6 nitrogen and oxygen atoms in total. The van der Waals surface area contributed by atoms with Gasteiger partial charge in [-0.15, -0.1) is 0 Å². The summed E-state index contributed by atoms with van der Waals surface area (Å²) in [5.74, 6) is -0.0447. The van der Waals surface area contributed by atoms with Crippen LogP contribution in [0.15, 0.2) is 12.2 Å². The predicted octanol–water partition coefficient (Wildman–Crippen LogP) is 20.0. The predicted molar refractivity (Wildman–Crippen MR) is 306 cm³/mol. The van der Waals surface area contributed by atoms with Crippen LogP contribution in [0.4, 0.5) is 0 Å². The van der Waals surface area contributed by atoms with Crippen molar-refractivity contribution in [2.45, 2.75) is 373 Å². The summed E-state index contributed by atoms with van der Waals surface area (Å²) in [7, 11) is 0. The number of aliphatic hydroxyl groups excluding tert-OH is 2. The van der Waals surface area contributed by atoms with E-state index in [0.717, 1.165) is 38.5 Å². The van der Waals surface area contributed by atoms with Crippen molar-refractivity contribution in [3.8, 4) is 0 Å². The molecule has 0 aliphatic heterocycles. The molecule has 0 radical (unpaired) electrons. The normalized spacial score (nSPS) is 12.6. The minimum Gasteiger partial charge on any atom is -0.466 e. The molecule has 0 aliphatic rings. The fourth-order valence-corrected chi connectivity index (χ4v) is 10.2. The second-order valence-electron chi connectivity index (χ2n) is 22.1. The largest absolute Gasteiger partial charge is 0.466 e. The maximum Gasteiger partial charge on any atom is 0.305 e. The molecule has 2 atom stereocenters. The van der Waals surface area contributed by atoms with Gasteiger partial charge in [0.15, 0.2) is 0 Å². The molecular formula is C64H125NO5. The van der Waals surface area contributed by atoms with Crippen molar-refractivity contribution in [1.82, 2.24) is 5.32 Å². The van der Waals surface area contributed by atoms with Crippen molar-refractivity contribution in [2.75, 3.05) is 13.2 Å². The Labute approximate surface area is 438 Å². The number of carbonyl (C=O) groups is 2.